The van der Waals surface area contributed by atoms with Crippen molar-refractivity contribution in [1.29, 1.82) is 0 Å². The molecule has 0 aliphatic carbocycles. The maximum Gasteiger partial charge on any atom is 0.243 e. The van der Waals surface area contributed by atoms with E-state index in [0.717, 1.165) is 41.1 Å². The van der Waals surface area contributed by atoms with E-state index < -0.39 is 18.2 Å². The molecule has 1 saturated heterocycles. The minimum atomic E-state index is -0.698. The van der Waals surface area contributed by atoms with Gasteiger partial charge in [0, 0.05) is 19.5 Å². The summed E-state index contributed by atoms with van der Waals surface area (Å²) in [7, 11) is 0. The second kappa shape index (κ2) is 13.5. The first-order chi connectivity index (χ1) is 17.6. The molecule has 1 aliphatic heterocycles. The third kappa shape index (κ3) is 8.09. The van der Waals surface area contributed by atoms with E-state index >= 15 is 0 Å². The molecule has 1 aromatic carbocycles. The highest BCUT2D eigenvalue weighted by molar-refractivity contribution is 7.13. The first-order valence-electron chi connectivity index (χ1n) is 13.6. The van der Waals surface area contributed by atoms with E-state index in [1.54, 1.807) is 16.2 Å². The minimum Gasteiger partial charge on any atom is -0.391 e. The van der Waals surface area contributed by atoms with Crippen LogP contribution in [0.15, 0.2) is 29.8 Å². The number of aliphatic hydroxyl groups is 1. The maximum atomic E-state index is 13.6. The second-order valence-corrected chi connectivity index (χ2v) is 12.1. The van der Waals surface area contributed by atoms with E-state index in [1.807, 2.05) is 57.5 Å². The highest BCUT2D eigenvalue weighted by Crippen LogP contribution is 2.28. The van der Waals surface area contributed by atoms with Crippen LogP contribution in [-0.4, -0.2) is 58.1 Å². The van der Waals surface area contributed by atoms with E-state index in [-0.39, 0.29) is 30.2 Å². The Bertz CT molecular complexity index is 1010. The van der Waals surface area contributed by atoms with Crippen LogP contribution in [-0.2, 0) is 16.1 Å². The zero-order chi connectivity index (χ0) is 27.0. The topological polar surface area (TPSA) is 94.6 Å². The number of likely N-dealkylation sites (tertiary alicyclic amines) is 1. The van der Waals surface area contributed by atoms with Crippen LogP contribution in [0, 0.1) is 12.3 Å². The van der Waals surface area contributed by atoms with Crippen molar-refractivity contribution in [3.05, 3.63) is 41.0 Å². The number of aliphatic hydroxyl groups excluding tert-OH is 1. The molecule has 2 heterocycles. The lowest BCUT2D eigenvalue weighted by Crippen LogP contribution is -2.56. The Morgan fingerprint density at radius 1 is 1.16 bits per heavy atom. The van der Waals surface area contributed by atoms with Gasteiger partial charge < -0.3 is 20.6 Å². The van der Waals surface area contributed by atoms with Crippen LogP contribution in [0.4, 0.5) is 0 Å². The highest BCUT2D eigenvalue weighted by Gasteiger charge is 2.43. The zero-order valence-electron chi connectivity index (χ0n) is 23.0. The van der Waals surface area contributed by atoms with Crippen molar-refractivity contribution in [3.8, 4) is 10.4 Å². The van der Waals surface area contributed by atoms with Gasteiger partial charge in [-0.3, -0.25) is 9.59 Å². The number of carbonyl (C=O) groups excluding carboxylic acids is 2. The number of rotatable bonds is 12. The Kier molecular flexibility index (Phi) is 10.7. The molecule has 37 heavy (non-hydrogen) atoms. The SMILES string of the molecule is CCCCCCCN[C@H](C(=O)N1C[C@H](O)C[C@H]1C(=O)NCc1ccc(-c2scnc2C)cc1)C(C)(C)C. The van der Waals surface area contributed by atoms with Gasteiger partial charge in [0.05, 0.1) is 28.2 Å². The lowest BCUT2D eigenvalue weighted by atomic mass is 9.85. The van der Waals surface area contributed by atoms with Gasteiger partial charge in [0.2, 0.25) is 11.8 Å². The van der Waals surface area contributed by atoms with Crippen LogP contribution in [0.3, 0.4) is 0 Å². The summed E-state index contributed by atoms with van der Waals surface area (Å²) in [5.74, 6) is -0.332. The van der Waals surface area contributed by atoms with E-state index in [2.05, 4.69) is 22.5 Å². The number of hydrogen-bond donors (Lipinski definition) is 3. The van der Waals surface area contributed by atoms with Crippen molar-refractivity contribution in [3.63, 3.8) is 0 Å². The number of hydrogen-bond acceptors (Lipinski definition) is 6. The predicted molar refractivity (Wildman–Crippen MR) is 150 cm³/mol. The molecule has 1 aliphatic rings. The highest BCUT2D eigenvalue weighted by atomic mass is 32.1. The molecule has 7 nitrogen and oxygen atoms in total. The van der Waals surface area contributed by atoms with Gasteiger partial charge in [-0.2, -0.15) is 0 Å². The molecule has 3 atom stereocenters. The Hall–Kier alpha value is -2.29. The molecule has 2 aromatic rings. The van der Waals surface area contributed by atoms with Gasteiger partial charge in [-0.25, -0.2) is 4.98 Å². The molecule has 0 saturated carbocycles. The Morgan fingerprint density at radius 3 is 2.49 bits per heavy atom. The fourth-order valence-electron chi connectivity index (χ4n) is 4.87. The van der Waals surface area contributed by atoms with Crippen molar-refractivity contribution in [2.45, 2.75) is 97.9 Å². The summed E-state index contributed by atoms with van der Waals surface area (Å²) < 4.78 is 0. The van der Waals surface area contributed by atoms with Crippen molar-refractivity contribution < 1.29 is 14.7 Å². The molecule has 8 heteroatoms. The monoisotopic (exact) mass is 528 g/mol. The van der Waals surface area contributed by atoms with E-state index in [0.29, 0.717) is 6.54 Å². The van der Waals surface area contributed by atoms with E-state index in [9.17, 15) is 14.7 Å². The number of thiazole rings is 1. The quantitative estimate of drug-likeness (QED) is 0.348. The molecular weight excluding hydrogens is 484 g/mol. The molecule has 0 bridgehead atoms. The van der Waals surface area contributed by atoms with Gasteiger partial charge in [0.15, 0.2) is 0 Å². The summed E-state index contributed by atoms with van der Waals surface area (Å²) in [6, 6.07) is 7.00. The molecule has 3 rings (SSSR count). The zero-order valence-corrected chi connectivity index (χ0v) is 23.9. The number of benzene rings is 1. The number of nitrogens with one attached hydrogen (secondary N) is 2. The average Bonchev–Trinajstić information content (AvgIpc) is 3.46. The summed E-state index contributed by atoms with van der Waals surface area (Å²) in [5.41, 5.74) is 4.63. The summed E-state index contributed by atoms with van der Waals surface area (Å²) in [6.07, 6.45) is 5.37. The molecule has 0 unspecified atom stereocenters. The molecule has 3 N–H and O–H groups in total. The van der Waals surface area contributed by atoms with Crippen molar-refractivity contribution in [2.75, 3.05) is 13.1 Å². The van der Waals surface area contributed by atoms with Crippen LogP contribution in [0.5, 0.6) is 0 Å². The van der Waals surface area contributed by atoms with Gasteiger partial charge >= 0.3 is 0 Å². The standard InChI is InChI=1S/C29H44N4O3S/c1-6-7-8-9-10-15-30-26(29(3,4)5)28(36)33-18-23(34)16-24(33)27(35)31-17-21-11-13-22(14-12-21)25-20(2)32-19-37-25/h11-14,19,23-24,26,30,34H,6-10,15-18H2,1-5H3,(H,31,35)/t23-,24+,26-/m1/s1. The summed E-state index contributed by atoms with van der Waals surface area (Å²) in [5, 5.41) is 16.8. The van der Waals surface area contributed by atoms with Gasteiger partial charge in [-0.05, 0) is 36.4 Å². The van der Waals surface area contributed by atoms with E-state index in [4.69, 9.17) is 0 Å². The molecule has 1 aromatic heterocycles. The lowest BCUT2D eigenvalue weighted by Gasteiger charge is -2.35. The van der Waals surface area contributed by atoms with Crippen molar-refractivity contribution in [2.24, 2.45) is 5.41 Å². The van der Waals surface area contributed by atoms with Crippen molar-refractivity contribution >= 4 is 23.2 Å². The molecule has 0 spiro atoms. The maximum absolute atomic E-state index is 13.6. The fraction of sp³-hybridized carbons (Fsp3) is 0.621. The third-order valence-electron chi connectivity index (χ3n) is 7.03. The van der Waals surface area contributed by atoms with Gasteiger partial charge in [0.1, 0.15) is 6.04 Å². The molecule has 204 valence electrons. The number of carbonyl (C=O) groups is 2. The number of aryl methyl sites for hydroxylation is 1. The predicted octanol–water partition coefficient (Wildman–Crippen LogP) is 4.67. The summed E-state index contributed by atoms with van der Waals surface area (Å²) in [4.78, 5) is 33.8. The summed E-state index contributed by atoms with van der Waals surface area (Å²) in [6.45, 7) is 11.6. The Morgan fingerprint density at radius 2 is 1.86 bits per heavy atom. The normalized spacial score (nSPS) is 18.7. The second-order valence-electron chi connectivity index (χ2n) is 11.2. The fourth-order valence-corrected chi connectivity index (χ4v) is 5.68. The van der Waals surface area contributed by atoms with Crippen molar-refractivity contribution in [1.82, 2.24) is 20.5 Å². The number of β-amino-alcohol motifs (C(OH)–C–C–N with tert-alkyl or cyclic N) is 1. The minimum absolute atomic E-state index is 0.109. The van der Waals surface area contributed by atoms with Crippen LogP contribution < -0.4 is 10.6 Å². The van der Waals surface area contributed by atoms with Crippen LogP contribution in [0.2, 0.25) is 0 Å². The largest absolute Gasteiger partial charge is 0.391 e. The van der Waals surface area contributed by atoms with Gasteiger partial charge in [-0.15, -0.1) is 11.3 Å². The Labute approximate surface area is 226 Å². The Balaban J connectivity index is 1.59. The smallest absolute Gasteiger partial charge is 0.243 e. The van der Waals surface area contributed by atoms with Crippen LogP contribution in [0.1, 0.15) is 77.5 Å². The first-order valence-corrected chi connectivity index (χ1v) is 14.5. The number of unbranched alkanes of at least 4 members (excludes halogenated alkanes) is 4. The van der Waals surface area contributed by atoms with Gasteiger partial charge in [0.25, 0.3) is 0 Å². The van der Waals surface area contributed by atoms with Crippen LogP contribution in [0.25, 0.3) is 10.4 Å². The number of nitrogens with zero attached hydrogens (tertiary/aromatic N) is 2. The molecular formula is C29H44N4O3S. The number of aromatic nitrogens is 1. The first kappa shape index (κ1) is 29.3. The van der Waals surface area contributed by atoms with Crippen LogP contribution >= 0.6 is 11.3 Å². The molecule has 0 radical (unpaired) electrons. The molecule has 2 amide bonds. The summed E-state index contributed by atoms with van der Waals surface area (Å²) >= 11 is 1.61. The number of amides is 2. The van der Waals surface area contributed by atoms with E-state index in [1.165, 1.54) is 19.3 Å². The molecule has 1 fully saturated rings. The lowest BCUT2D eigenvalue weighted by molar-refractivity contribution is -0.142. The third-order valence-corrected chi connectivity index (χ3v) is 8.01. The van der Waals surface area contributed by atoms with Gasteiger partial charge in [-0.1, -0.05) is 77.6 Å². The average molecular weight is 529 g/mol.